The van der Waals surface area contributed by atoms with E-state index in [1.54, 1.807) is 0 Å². The molecule has 0 radical (unpaired) electrons. The standard InChI is InChI=1S/C14H26O/c1-4-5-6-7-8-9-10-11-12-14(2,3)13-15/h11-13H,4-10H2,1-3H3. The molecule has 0 aliphatic rings. The number of hydrogen-bond donors (Lipinski definition) is 0. The van der Waals surface area contributed by atoms with E-state index >= 15 is 0 Å². The Kier molecular flexibility index (Phi) is 8.35. The van der Waals surface area contributed by atoms with E-state index in [9.17, 15) is 4.79 Å². The van der Waals surface area contributed by atoms with Crippen LogP contribution in [-0.4, -0.2) is 6.29 Å². The van der Waals surface area contributed by atoms with Crippen molar-refractivity contribution in [3.8, 4) is 0 Å². The summed E-state index contributed by atoms with van der Waals surface area (Å²) < 4.78 is 0. The van der Waals surface area contributed by atoms with Gasteiger partial charge in [0.05, 0.1) is 0 Å². The van der Waals surface area contributed by atoms with Crippen LogP contribution in [0.25, 0.3) is 0 Å². The van der Waals surface area contributed by atoms with Crippen LogP contribution >= 0.6 is 0 Å². The van der Waals surface area contributed by atoms with Crippen LogP contribution in [0, 0.1) is 5.41 Å². The quantitative estimate of drug-likeness (QED) is 0.311. The van der Waals surface area contributed by atoms with Crippen LogP contribution in [0.2, 0.25) is 0 Å². The van der Waals surface area contributed by atoms with E-state index in [1.807, 2.05) is 19.9 Å². The van der Waals surface area contributed by atoms with Crippen LogP contribution in [0.1, 0.15) is 65.7 Å². The molecule has 15 heavy (non-hydrogen) atoms. The van der Waals surface area contributed by atoms with Gasteiger partial charge in [-0.05, 0) is 26.7 Å². The molecule has 0 saturated carbocycles. The summed E-state index contributed by atoms with van der Waals surface area (Å²) in [4.78, 5) is 10.6. The maximum absolute atomic E-state index is 10.6. The molecule has 0 aliphatic heterocycles. The molecule has 0 fully saturated rings. The van der Waals surface area contributed by atoms with Gasteiger partial charge in [-0.25, -0.2) is 0 Å². The van der Waals surface area contributed by atoms with Crippen LogP contribution in [-0.2, 0) is 4.79 Å². The largest absolute Gasteiger partial charge is 0.302 e. The van der Waals surface area contributed by atoms with Crippen LogP contribution in [0.3, 0.4) is 0 Å². The van der Waals surface area contributed by atoms with Crippen molar-refractivity contribution < 1.29 is 4.79 Å². The molecule has 0 N–H and O–H groups in total. The van der Waals surface area contributed by atoms with Gasteiger partial charge in [0.25, 0.3) is 0 Å². The second kappa shape index (κ2) is 8.70. The first-order valence-corrected chi connectivity index (χ1v) is 6.26. The van der Waals surface area contributed by atoms with Crippen molar-refractivity contribution in [2.45, 2.75) is 65.7 Å². The predicted octanol–water partition coefficient (Wildman–Crippen LogP) is 4.52. The van der Waals surface area contributed by atoms with Gasteiger partial charge in [-0.15, -0.1) is 0 Å². The average molecular weight is 210 g/mol. The van der Waals surface area contributed by atoms with E-state index in [1.165, 1.54) is 38.5 Å². The fourth-order valence-corrected chi connectivity index (χ4v) is 1.47. The van der Waals surface area contributed by atoms with Crippen LogP contribution in [0.15, 0.2) is 12.2 Å². The molecule has 0 atom stereocenters. The second-order valence-corrected chi connectivity index (χ2v) is 4.90. The third-order valence-electron chi connectivity index (χ3n) is 2.58. The Morgan fingerprint density at radius 2 is 1.60 bits per heavy atom. The molecule has 1 nitrogen and oxygen atoms in total. The normalized spacial score (nSPS) is 12.2. The van der Waals surface area contributed by atoms with Gasteiger partial charge in [0.2, 0.25) is 0 Å². The summed E-state index contributed by atoms with van der Waals surface area (Å²) >= 11 is 0. The zero-order valence-electron chi connectivity index (χ0n) is 10.6. The molecule has 0 aromatic heterocycles. The molecule has 0 bridgehead atoms. The Hall–Kier alpha value is -0.590. The van der Waals surface area contributed by atoms with Crippen LogP contribution in [0.4, 0.5) is 0 Å². The maximum Gasteiger partial charge on any atom is 0.129 e. The highest BCUT2D eigenvalue weighted by molar-refractivity contribution is 5.61. The smallest absolute Gasteiger partial charge is 0.129 e. The molecule has 0 heterocycles. The number of rotatable bonds is 9. The van der Waals surface area contributed by atoms with Crippen molar-refractivity contribution in [3.05, 3.63) is 12.2 Å². The van der Waals surface area contributed by atoms with Crippen molar-refractivity contribution in [3.63, 3.8) is 0 Å². The average Bonchev–Trinajstić information content (AvgIpc) is 2.22. The van der Waals surface area contributed by atoms with Gasteiger partial charge >= 0.3 is 0 Å². The Morgan fingerprint density at radius 3 is 2.20 bits per heavy atom. The molecule has 0 rings (SSSR count). The topological polar surface area (TPSA) is 17.1 Å². The van der Waals surface area contributed by atoms with Crippen LogP contribution < -0.4 is 0 Å². The summed E-state index contributed by atoms with van der Waals surface area (Å²) in [6, 6.07) is 0. The fourth-order valence-electron chi connectivity index (χ4n) is 1.47. The fraction of sp³-hybridized carbons (Fsp3) is 0.786. The number of aldehydes is 1. The molecule has 0 aromatic rings. The Morgan fingerprint density at radius 1 is 1.00 bits per heavy atom. The SMILES string of the molecule is CCCCCCCCC=CC(C)(C)C=O. The minimum Gasteiger partial charge on any atom is -0.302 e. The molecule has 0 spiro atoms. The highest BCUT2D eigenvalue weighted by Crippen LogP contribution is 2.14. The Labute approximate surface area is 95.0 Å². The van der Waals surface area contributed by atoms with Crippen molar-refractivity contribution in [2.24, 2.45) is 5.41 Å². The summed E-state index contributed by atoms with van der Waals surface area (Å²) in [5.41, 5.74) is -0.276. The number of carbonyl (C=O) groups is 1. The van der Waals surface area contributed by atoms with Crippen molar-refractivity contribution in [2.75, 3.05) is 0 Å². The molecular formula is C14H26O. The lowest BCUT2D eigenvalue weighted by molar-refractivity contribution is -0.112. The van der Waals surface area contributed by atoms with Crippen molar-refractivity contribution >= 4 is 6.29 Å². The summed E-state index contributed by atoms with van der Waals surface area (Å²) in [6.45, 7) is 6.12. The number of unbranched alkanes of at least 4 members (excludes halogenated alkanes) is 6. The molecule has 0 amide bonds. The molecule has 0 saturated heterocycles. The lowest BCUT2D eigenvalue weighted by atomic mass is 9.95. The highest BCUT2D eigenvalue weighted by atomic mass is 16.1. The van der Waals surface area contributed by atoms with Gasteiger partial charge in [0.15, 0.2) is 0 Å². The van der Waals surface area contributed by atoms with E-state index < -0.39 is 0 Å². The first-order valence-electron chi connectivity index (χ1n) is 6.26. The third-order valence-corrected chi connectivity index (χ3v) is 2.58. The summed E-state index contributed by atoms with van der Waals surface area (Å²) in [5.74, 6) is 0. The van der Waals surface area contributed by atoms with E-state index in [0.29, 0.717) is 0 Å². The zero-order valence-corrected chi connectivity index (χ0v) is 10.6. The van der Waals surface area contributed by atoms with Crippen molar-refractivity contribution in [1.82, 2.24) is 0 Å². The summed E-state index contributed by atoms with van der Waals surface area (Å²) in [5, 5.41) is 0. The van der Waals surface area contributed by atoms with E-state index in [4.69, 9.17) is 0 Å². The number of allylic oxidation sites excluding steroid dienone is 2. The minimum absolute atomic E-state index is 0.276. The first kappa shape index (κ1) is 14.4. The minimum atomic E-state index is -0.276. The van der Waals surface area contributed by atoms with Gasteiger partial charge in [0, 0.05) is 5.41 Å². The lowest BCUT2D eigenvalue weighted by Crippen LogP contribution is -2.07. The summed E-state index contributed by atoms with van der Waals surface area (Å²) in [6.07, 6.45) is 14.3. The second-order valence-electron chi connectivity index (χ2n) is 4.90. The molecule has 88 valence electrons. The molecule has 1 heteroatoms. The lowest BCUT2D eigenvalue weighted by Gasteiger charge is -2.09. The van der Waals surface area contributed by atoms with E-state index in [-0.39, 0.29) is 5.41 Å². The number of carbonyl (C=O) groups excluding carboxylic acids is 1. The monoisotopic (exact) mass is 210 g/mol. The molecule has 0 unspecified atom stereocenters. The molecule has 0 aromatic carbocycles. The van der Waals surface area contributed by atoms with Gasteiger partial charge in [-0.3, -0.25) is 0 Å². The highest BCUT2D eigenvalue weighted by Gasteiger charge is 2.09. The predicted molar refractivity (Wildman–Crippen MR) is 67.0 cm³/mol. The zero-order chi connectivity index (χ0) is 11.6. The van der Waals surface area contributed by atoms with Crippen LogP contribution in [0.5, 0.6) is 0 Å². The Balaban J connectivity index is 3.34. The van der Waals surface area contributed by atoms with E-state index in [0.717, 1.165) is 12.7 Å². The van der Waals surface area contributed by atoms with Gasteiger partial charge in [-0.2, -0.15) is 0 Å². The molecular weight excluding hydrogens is 184 g/mol. The first-order chi connectivity index (χ1) is 7.12. The Bertz CT molecular complexity index is 180. The van der Waals surface area contributed by atoms with Crippen molar-refractivity contribution in [1.29, 1.82) is 0 Å². The van der Waals surface area contributed by atoms with Gasteiger partial charge < -0.3 is 4.79 Å². The third kappa shape index (κ3) is 9.71. The maximum atomic E-state index is 10.6. The van der Waals surface area contributed by atoms with E-state index in [2.05, 4.69) is 13.0 Å². The summed E-state index contributed by atoms with van der Waals surface area (Å²) in [7, 11) is 0. The number of hydrogen-bond acceptors (Lipinski definition) is 1. The van der Waals surface area contributed by atoms with Gasteiger partial charge in [-0.1, -0.05) is 51.2 Å². The molecule has 0 aliphatic carbocycles. The van der Waals surface area contributed by atoms with Gasteiger partial charge in [0.1, 0.15) is 6.29 Å².